The van der Waals surface area contributed by atoms with Gasteiger partial charge in [-0.2, -0.15) is 13.2 Å². The molecule has 0 radical (unpaired) electrons. The second-order valence-corrected chi connectivity index (χ2v) is 5.47. The summed E-state index contributed by atoms with van der Waals surface area (Å²) in [6, 6.07) is 12.1. The summed E-state index contributed by atoms with van der Waals surface area (Å²) in [6.07, 6.45) is -3.74. The van der Waals surface area contributed by atoms with Crippen LogP contribution in [0.5, 0.6) is 0 Å². The monoisotopic (exact) mass is 320 g/mol. The highest BCUT2D eigenvalue weighted by Gasteiger charge is 2.30. The van der Waals surface area contributed by atoms with Gasteiger partial charge in [0.15, 0.2) is 0 Å². The summed E-state index contributed by atoms with van der Waals surface area (Å²) in [5.74, 6) is -0.166. The lowest BCUT2D eigenvalue weighted by Gasteiger charge is -2.12. The molecule has 120 valence electrons. The Morgan fingerprint density at radius 1 is 1.13 bits per heavy atom. The highest BCUT2D eigenvalue weighted by molar-refractivity contribution is 5.87. The first kappa shape index (κ1) is 15.4. The zero-order valence-corrected chi connectivity index (χ0v) is 12.2. The van der Waals surface area contributed by atoms with E-state index in [4.69, 9.17) is 0 Å². The van der Waals surface area contributed by atoms with E-state index in [2.05, 4.69) is 10.6 Å². The number of rotatable bonds is 3. The second kappa shape index (κ2) is 5.95. The summed E-state index contributed by atoms with van der Waals surface area (Å²) in [6.45, 7) is 0.200. The average Bonchev–Trinajstić information content (AvgIpc) is 2.96. The first-order chi connectivity index (χ1) is 10.9. The van der Waals surface area contributed by atoms with Gasteiger partial charge in [-0.25, -0.2) is 0 Å². The fraction of sp³-hybridized carbons (Fsp3) is 0.235. The van der Waals surface area contributed by atoms with Crippen LogP contribution >= 0.6 is 0 Å². The highest BCUT2D eigenvalue weighted by atomic mass is 19.4. The molecule has 1 unspecified atom stereocenters. The van der Waals surface area contributed by atoms with Crippen LogP contribution in [0.2, 0.25) is 0 Å². The predicted molar refractivity (Wildman–Crippen MR) is 80.8 cm³/mol. The normalized spacial score (nSPS) is 16.6. The molecule has 3 rings (SSSR count). The molecule has 2 aromatic carbocycles. The van der Waals surface area contributed by atoms with Gasteiger partial charge in [0.05, 0.1) is 5.56 Å². The minimum absolute atomic E-state index is 0.166. The number of para-hydroxylation sites is 1. The minimum Gasteiger partial charge on any atom is -0.373 e. The largest absolute Gasteiger partial charge is 0.416 e. The summed E-state index contributed by atoms with van der Waals surface area (Å²) in [4.78, 5) is 12.2. The second-order valence-electron chi connectivity index (χ2n) is 5.47. The Balaban J connectivity index is 1.56. The van der Waals surface area contributed by atoms with E-state index in [1.807, 2.05) is 24.3 Å². The van der Waals surface area contributed by atoms with E-state index in [1.165, 1.54) is 12.1 Å². The van der Waals surface area contributed by atoms with E-state index >= 15 is 0 Å². The summed E-state index contributed by atoms with van der Waals surface area (Å²) in [5.41, 5.74) is 1.96. The average molecular weight is 320 g/mol. The number of hydrogen-bond donors (Lipinski definition) is 2. The molecule has 0 spiro atoms. The molecule has 0 saturated heterocycles. The Morgan fingerprint density at radius 2 is 1.83 bits per heavy atom. The summed E-state index contributed by atoms with van der Waals surface area (Å²) in [7, 11) is 0. The van der Waals surface area contributed by atoms with Gasteiger partial charge < -0.3 is 10.6 Å². The molecule has 0 fully saturated rings. The number of carbonyl (C=O) groups excluding carboxylic acids is 1. The van der Waals surface area contributed by atoms with Gasteiger partial charge in [-0.1, -0.05) is 30.3 Å². The first-order valence-corrected chi connectivity index (χ1v) is 7.22. The molecule has 3 nitrogen and oxygen atoms in total. The Kier molecular flexibility index (Phi) is 3.98. The number of hydrogen-bond acceptors (Lipinski definition) is 2. The Labute approximate surface area is 131 Å². The van der Waals surface area contributed by atoms with Crippen LogP contribution < -0.4 is 10.6 Å². The highest BCUT2D eigenvalue weighted by Crippen LogP contribution is 2.29. The molecule has 1 atom stereocenters. The number of halogens is 3. The van der Waals surface area contributed by atoms with Crippen LogP contribution in [0, 0.1) is 0 Å². The molecular weight excluding hydrogens is 305 g/mol. The van der Waals surface area contributed by atoms with Gasteiger partial charge in [-0.3, -0.25) is 4.79 Å². The van der Waals surface area contributed by atoms with Crippen molar-refractivity contribution in [2.24, 2.45) is 0 Å². The van der Waals surface area contributed by atoms with Gasteiger partial charge in [0, 0.05) is 18.7 Å². The lowest BCUT2D eigenvalue weighted by Crippen LogP contribution is -2.38. The molecule has 2 aromatic rings. The Hall–Kier alpha value is -2.50. The fourth-order valence-corrected chi connectivity index (χ4v) is 2.58. The van der Waals surface area contributed by atoms with Crippen LogP contribution in [0.25, 0.3) is 0 Å². The van der Waals surface area contributed by atoms with E-state index in [1.54, 1.807) is 0 Å². The van der Waals surface area contributed by atoms with E-state index in [0.717, 1.165) is 23.4 Å². The first-order valence-electron chi connectivity index (χ1n) is 7.22. The van der Waals surface area contributed by atoms with Crippen molar-refractivity contribution >= 4 is 11.6 Å². The van der Waals surface area contributed by atoms with Gasteiger partial charge in [-0.05, 0) is 29.3 Å². The molecule has 2 N–H and O–H groups in total. The number of carbonyl (C=O) groups is 1. The maximum atomic E-state index is 12.5. The lowest BCUT2D eigenvalue weighted by molar-refractivity contribution is -0.137. The summed E-state index contributed by atoms with van der Waals surface area (Å²) < 4.78 is 37.5. The smallest absolute Gasteiger partial charge is 0.373 e. The fourth-order valence-electron chi connectivity index (χ4n) is 2.58. The van der Waals surface area contributed by atoms with Gasteiger partial charge >= 0.3 is 6.18 Å². The van der Waals surface area contributed by atoms with Crippen LogP contribution in [0.4, 0.5) is 18.9 Å². The SMILES string of the molecule is O=C(NCc1ccc(C(F)(F)F)cc1)C1Cc2ccccc2N1. The number of fused-ring (bicyclic) bond motifs is 1. The van der Waals surface area contributed by atoms with Crippen molar-refractivity contribution in [3.63, 3.8) is 0 Å². The van der Waals surface area contributed by atoms with Crippen molar-refractivity contribution in [2.45, 2.75) is 25.2 Å². The van der Waals surface area contributed by atoms with Crippen molar-refractivity contribution in [3.05, 3.63) is 65.2 Å². The number of nitrogens with one attached hydrogen (secondary N) is 2. The van der Waals surface area contributed by atoms with Gasteiger partial charge in [0.1, 0.15) is 6.04 Å². The van der Waals surface area contributed by atoms with Crippen LogP contribution in [0.3, 0.4) is 0 Å². The quantitative estimate of drug-likeness (QED) is 0.910. The van der Waals surface area contributed by atoms with Crippen molar-refractivity contribution in [2.75, 3.05) is 5.32 Å². The van der Waals surface area contributed by atoms with E-state index in [0.29, 0.717) is 12.0 Å². The molecule has 23 heavy (non-hydrogen) atoms. The third-order valence-corrected chi connectivity index (χ3v) is 3.84. The van der Waals surface area contributed by atoms with Crippen LogP contribution in [0.15, 0.2) is 48.5 Å². The Morgan fingerprint density at radius 3 is 2.48 bits per heavy atom. The van der Waals surface area contributed by atoms with E-state index < -0.39 is 11.7 Å². The van der Waals surface area contributed by atoms with Crippen molar-refractivity contribution in [1.82, 2.24) is 5.32 Å². The van der Waals surface area contributed by atoms with Crippen LogP contribution in [-0.4, -0.2) is 11.9 Å². The van der Waals surface area contributed by atoms with Gasteiger partial charge in [0.25, 0.3) is 0 Å². The molecule has 1 amide bonds. The molecule has 1 heterocycles. The maximum Gasteiger partial charge on any atom is 0.416 e. The lowest BCUT2D eigenvalue weighted by atomic mass is 10.1. The molecular formula is C17H15F3N2O. The zero-order valence-electron chi connectivity index (χ0n) is 12.2. The third-order valence-electron chi connectivity index (χ3n) is 3.84. The van der Waals surface area contributed by atoms with Gasteiger partial charge in [-0.15, -0.1) is 0 Å². The molecule has 0 saturated carbocycles. The van der Waals surface area contributed by atoms with E-state index in [-0.39, 0.29) is 18.5 Å². The van der Waals surface area contributed by atoms with Crippen LogP contribution in [-0.2, 0) is 23.9 Å². The number of alkyl halides is 3. The minimum atomic E-state index is -4.35. The summed E-state index contributed by atoms with van der Waals surface area (Å²) >= 11 is 0. The van der Waals surface area contributed by atoms with Crippen molar-refractivity contribution in [3.8, 4) is 0 Å². The van der Waals surface area contributed by atoms with Gasteiger partial charge in [0.2, 0.25) is 5.91 Å². The number of benzene rings is 2. The number of amides is 1. The van der Waals surface area contributed by atoms with Crippen molar-refractivity contribution < 1.29 is 18.0 Å². The Bertz CT molecular complexity index is 686. The molecule has 0 aromatic heterocycles. The molecule has 6 heteroatoms. The zero-order chi connectivity index (χ0) is 16.4. The van der Waals surface area contributed by atoms with Crippen molar-refractivity contribution in [1.29, 1.82) is 0 Å². The number of anilines is 1. The molecule has 0 bridgehead atoms. The molecule has 0 aliphatic carbocycles. The maximum absolute atomic E-state index is 12.5. The predicted octanol–water partition coefficient (Wildman–Crippen LogP) is 3.36. The molecule has 1 aliphatic rings. The van der Waals surface area contributed by atoms with Crippen LogP contribution in [0.1, 0.15) is 16.7 Å². The molecule has 1 aliphatic heterocycles. The summed E-state index contributed by atoms with van der Waals surface area (Å²) in [5, 5.41) is 5.89. The topological polar surface area (TPSA) is 41.1 Å². The standard InChI is InChI=1S/C17H15F3N2O/c18-17(19,20)13-7-5-11(6-8-13)10-21-16(23)15-9-12-3-1-2-4-14(12)22-15/h1-8,15,22H,9-10H2,(H,21,23). The third kappa shape index (κ3) is 3.47. The van der Waals surface area contributed by atoms with E-state index in [9.17, 15) is 18.0 Å².